The number of amides is 2. The molecule has 108 valence electrons. The molecule has 6 nitrogen and oxygen atoms in total. The maximum atomic E-state index is 11.7. The second-order valence-electron chi connectivity index (χ2n) is 5.94. The summed E-state index contributed by atoms with van der Waals surface area (Å²) in [4.78, 5) is 22.1. The van der Waals surface area contributed by atoms with Gasteiger partial charge in [-0.15, -0.1) is 0 Å². The monoisotopic (exact) mass is 270 g/mol. The van der Waals surface area contributed by atoms with Crippen molar-refractivity contribution in [3.63, 3.8) is 0 Å². The molecule has 19 heavy (non-hydrogen) atoms. The van der Waals surface area contributed by atoms with E-state index in [1.165, 1.54) is 0 Å². The Balaban J connectivity index is 1.81. The maximum absolute atomic E-state index is 11.7. The molecule has 0 aromatic heterocycles. The SMILES string of the molecule is CC1(C)C(NC(=O)NCCC(=O)O)C2CCCOC21. The molecule has 0 radical (unpaired) electrons. The molecule has 0 aromatic rings. The molecular weight excluding hydrogens is 248 g/mol. The molecule has 1 saturated carbocycles. The predicted molar refractivity (Wildman–Crippen MR) is 68.8 cm³/mol. The van der Waals surface area contributed by atoms with Crippen LogP contribution in [0.15, 0.2) is 0 Å². The Morgan fingerprint density at radius 3 is 2.84 bits per heavy atom. The Labute approximate surface area is 112 Å². The first kappa shape index (κ1) is 14.1. The standard InChI is InChI=1S/C13H22N2O4/c1-13(2)10(8-4-3-7-19-11(8)13)15-12(18)14-6-5-9(16)17/h8,10-11H,3-7H2,1-2H3,(H,16,17)(H2,14,15,18). The van der Waals surface area contributed by atoms with Crippen LogP contribution in [0.4, 0.5) is 4.79 Å². The van der Waals surface area contributed by atoms with Crippen LogP contribution in [0.25, 0.3) is 0 Å². The smallest absolute Gasteiger partial charge is 0.315 e. The Morgan fingerprint density at radius 1 is 1.42 bits per heavy atom. The van der Waals surface area contributed by atoms with Gasteiger partial charge in [0.05, 0.1) is 12.5 Å². The summed E-state index contributed by atoms with van der Waals surface area (Å²) in [5, 5.41) is 14.0. The molecule has 1 saturated heterocycles. The summed E-state index contributed by atoms with van der Waals surface area (Å²) in [6, 6.07) is -0.189. The minimum atomic E-state index is -0.912. The van der Waals surface area contributed by atoms with E-state index in [9.17, 15) is 9.59 Å². The van der Waals surface area contributed by atoms with Crippen molar-refractivity contribution in [3.05, 3.63) is 0 Å². The van der Waals surface area contributed by atoms with E-state index in [-0.39, 0.29) is 36.6 Å². The fraction of sp³-hybridized carbons (Fsp3) is 0.846. The van der Waals surface area contributed by atoms with E-state index in [0.717, 1.165) is 19.4 Å². The number of carbonyl (C=O) groups excluding carboxylic acids is 1. The zero-order valence-electron chi connectivity index (χ0n) is 11.4. The van der Waals surface area contributed by atoms with Crippen LogP contribution >= 0.6 is 0 Å². The van der Waals surface area contributed by atoms with Gasteiger partial charge >= 0.3 is 12.0 Å². The zero-order chi connectivity index (χ0) is 14.0. The Hall–Kier alpha value is -1.30. The molecule has 1 aliphatic carbocycles. The van der Waals surface area contributed by atoms with Gasteiger partial charge < -0.3 is 20.5 Å². The number of hydrogen-bond donors (Lipinski definition) is 3. The third-order valence-corrected chi connectivity index (χ3v) is 4.24. The molecule has 1 heterocycles. The predicted octanol–water partition coefficient (Wildman–Crippen LogP) is 0.964. The molecule has 0 spiro atoms. The number of carboxylic acid groups (broad SMARTS) is 1. The van der Waals surface area contributed by atoms with Crippen LogP contribution in [-0.4, -0.2) is 42.4 Å². The lowest BCUT2D eigenvalue weighted by Crippen LogP contribution is -2.70. The molecule has 3 atom stereocenters. The van der Waals surface area contributed by atoms with Crippen molar-refractivity contribution < 1.29 is 19.4 Å². The number of carbonyl (C=O) groups is 2. The van der Waals surface area contributed by atoms with Gasteiger partial charge in [0.15, 0.2) is 0 Å². The number of fused-ring (bicyclic) bond motifs is 1. The van der Waals surface area contributed by atoms with Crippen LogP contribution in [0.2, 0.25) is 0 Å². The quantitative estimate of drug-likeness (QED) is 0.710. The second kappa shape index (κ2) is 5.36. The maximum Gasteiger partial charge on any atom is 0.315 e. The van der Waals surface area contributed by atoms with Gasteiger partial charge in [-0.1, -0.05) is 13.8 Å². The first-order chi connectivity index (χ1) is 8.93. The van der Waals surface area contributed by atoms with Gasteiger partial charge in [0.2, 0.25) is 0 Å². The number of ether oxygens (including phenoxy) is 1. The number of urea groups is 1. The molecule has 6 heteroatoms. The topological polar surface area (TPSA) is 87.7 Å². The second-order valence-corrected chi connectivity index (χ2v) is 5.94. The number of carboxylic acids is 1. The zero-order valence-corrected chi connectivity index (χ0v) is 11.4. The van der Waals surface area contributed by atoms with E-state index >= 15 is 0 Å². The average Bonchev–Trinajstić information content (AvgIpc) is 2.35. The fourth-order valence-corrected chi connectivity index (χ4v) is 3.29. The Morgan fingerprint density at radius 2 is 2.16 bits per heavy atom. The molecule has 2 aliphatic rings. The van der Waals surface area contributed by atoms with Crippen LogP contribution in [0, 0.1) is 11.3 Å². The van der Waals surface area contributed by atoms with E-state index in [2.05, 4.69) is 24.5 Å². The van der Waals surface area contributed by atoms with E-state index < -0.39 is 5.97 Å². The molecule has 2 rings (SSSR count). The number of rotatable bonds is 4. The van der Waals surface area contributed by atoms with Gasteiger partial charge in [-0.25, -0.2) is 4.79 Å². The number of aliphatic carboxylic acids is 1. The van der Waals surface area contributed by atoms with Crippen LogP contribution in [0.1, 0.15) is 33.1 Å². The van der Waals surface area contributed by atoms with Crippen molar-refractivity contribution >= 4 is 12.0 Å². The highest BCUT2D eigenvalue weighted by molar-refractivity contribution is 5.75. The van der Waals surface area contributed by atoms with Crippen molar-refractivity contribution in [1.29, 1.82) is 0 Å². The average molecular weight is 270 g/mol. The van der Waals surface area contributed by atoms with Crippen LogP contribution in [0.5, 0.6) is 0 Å². The van der Waals surface area contributed by atoms with Gasteiger partial charge in [-0.3, -0.25) is 4.79 Å². The highest BCUT2D eigenvalue weighted by Gasteiger charge is 2.58. The molecule has 0 bridgehead atoms. The Bertz CT molecular complexity index is 370. The minimum Gasteiger partial charge on any atom is -0.481 e. The molecule has 0 aromatic carbocycles. The highest BCUT2D eigenvalue weighted by Crippen LogP contribution is 2.51. The number of hydrogen-bond acceptors (Lipinski definition) is 3. The van der Waals surface area contributed by atoms with Crippen LogP contribution in [-0.2, 0) is 9.53 Å². The van der Waals surface area contributed by atoms with E-state index in [1.807, 2.05) is 0 Å². The van der Waals surface area contributed by atoms with Gasteiger partial charge in [0.25, 0.3) is 0 Å². The van der Waals surface area contributed by atoms with Gasteiger partial charge in [0, 0.05) is 30.5 Å². The highest BCUT2D eigenvalue weighted by atomic mass is 16.5. The Kier molecular flexibility index (Phi) is 3.99. The largest absolute Gasteiger partial charge is 0.481 e. The van der Waals surface area contributed by atoms with Crippen molar-refractivity contribution in [2.24, 2.45) is 11.3 Å². The summed E-state index contributed by atoms with van der Waals surface area (Å²) in [7, 11) is 0. The van der Waals surface area contributed by atoms with Gasteiger partial charge in [-0.05, 0) is 12.8 Å². The minimum absolute atomic E-state index is 0.0589. The third kappa shape index (κ3) is 2.83. The van der Waals surface area contributed by atoms with Gasteiger partial charge in [-0.2, -0.15) is 0 Å². The molecule has 2 fully saturated rings. The number of nitrogens with one attached hydrogen (secondary N) is 2. The van der Waals surface area contributed by atoms with E-state index in [0.29, 0.717) is 5.92 Å². The molecule has 2 amide bonds. The van der Waals surface area contributed by atoms with Crippen molar-refractivity contribution in [3.8, 4) is 0 Å². The lowest BCUT2D eigenvalue weighted by atomic mass is 9.55. The third-order valence-electron chi connectivity index (χ3n) is 4.24. The fourth-order valence-electron chi connectivity index (χ4n) is 3.29. The van der Waals surface area contributed by atoms with E-state index in [4.69, 9.17) is 9.84 Å². The summed E-state index contributed by atoms with van der Waals surface area (Å²) in [6.45, 7) is 5.16. The van der Waals surface area contributed by atoms with Crippen molar-refractivity contribution in [2.45, 2.75) is 45.3 Å². The van der Waals surface area contributed by atoms with E-state index in [1.54, 1.807) is 0 Å². The van der Waals surface area contributed by atoms with Crippen molar-refractivity contribution in [1.82, 2.24) is 10.6 Å². The summed E-state index contributed by atoms with van der Waals surface area (Å²) in [5.41, 5.74) is -0.0603. The van der Waals surface area contributed by atoms with Gasteiger partial charge in [0.1, 0.15) is 0 Å². The van der Waals surface area contributed by atoms with Crippen LogP contribution < -0.4 is 10.6 Å². The lowest BCUT2D eigenvalue weighted by molar-refractivity contribution is -0.189. The van der Waals surface area contributed by atoms with Crippen LogP contribution in [0.3, 0.4) is 0 Å². The van der Waals surface area contributed by atoms with Crippen molar-refractivity contribution in [2.75, 3.05) is 13.2 Å². The molecule has 3 N–H and O–H groups in total. The summed E-state index contributed by atoms with van der Waals surface area (Å²) in [6.07, 6.45) is 2.28. The molecular formula is C13H22N2O4. The summed E-state index contributed by atoms with van der Waals surface area (Å²) >= 11 is 0. The summed E-state index contributed by atoms with van der Waals surface area (Å²) in [5.74, 6) is -0.529. The first-order valence-corrected chi connectivity index (χ1v) is 6.80. The molecule has 1 aliphatic heterocycles. The lowest BCUT2D eigenvalue weighted by Gasteiger charge is -2.59. The molecule has 3 unspecified atom stereocenters. The first-order valence-electron chi connectivity index (χ1n) is 6.80. The summed E-state index contributed by atoms with van der Waals surface area (Å²) < 4.78 is 5.77. The normalized spacial score (nSPS) is 31.8.